The first kappa shape index (κ1) is 11.6. The van der Waals surface area contributed by atoms with Crippen molar-refractivity contribution in [2.75, 3.05) is 6.54 Å². The topological polar surface area (TPSA) is 42.7 Å². The van der Waals surface area contributed by atoms with Gasteiger partial charge in [-0.3, -0.25) is 4.68 Å². The molecule has 1 fully saturated rings. The molecule has 1 aromatic rings. The summed E-state index contributed by atoms with van der Waals surface area (Å²) < 4.78 is 1.88. The highest BCUT2D eigenvalue weighted by Gasteiger charge is 2.19. The van der Waals surface area contributed by atoms with Crippen molar-refractivity contribution in [3.63, 3.8) is 0 Å². The summed E-state index contributed by atoms with van der Waals surface area (Å²) in [5.41, 5.74) is 0. The van der Waals surface area contributed by atoms with Gasteiger partial charge in [-0.25, -0.2) is 0 Å². The van der Waals surface area contributed by atoms with E-state index in [9.17, 15) is 0 Å². The number of hydrogen-bond acceptors (Lipinski definition) is 3. The van der Waals surface area contributed by atoms with Gasteiger partial charge in [-0.05, 0) is 25.7 Å². The van der Waals surface area contributed by atoms with Crippen molar-refractivity contribution in [2.45, 2.75) is 51.6 Å². The van der Waals surface area contributed by atoms with Gasteiger partial charge in [0.15, 0.2) is 0 Å². The van der Waals surface area contributed by atoms with Gasteiger partial charge in [0.05, 0.1) is 12.7 Å². The molecule has 1 saturated carbocycles. The van der Waals surface area contributed by atoms with Gasteiger partial charge in [-0.15, -0.1) is 5.10 Å². The van der Waals surface area contributed by atoms with Crippen molar-refractivity contribution >= 4 is 0 Å². The summed E-state index contributed by atoms with van der Waals surface area (Å²) in [6.07, 6.45) is 10.7. The number of nitrogens with zero attached hydrogens (tertiary/aromatic N) is 3. The molecule has 0 amide bonds. The van der Waals surface area contributed by atoms with Crippen LogP contribution in [-0.4, -0.2) is 27.6 Å². The highest BCUT2D eigenvalue weighted by molar-refractivity contribution is 4.76. The Labute approximate surface area is 97.4 Å². The predicted molar refractivity (Wildman–Crippen MR) is 64.1 cm³/mol. The fourth-order valence-electron chi connectivity index (χ4n) is 2.56. The fraction of sp³-hybridized carbons (Fsp3) is 0.833. The number of hydrogen-bond donors (Lipinski definition) is 1. The molecule has 0 saturated heterocycles. The molecule has 0 aliphatic heterocycles. The standard InChI is InChI=1S/C12H22N4/c1-11(12-5-3-2-4-6-12)13-7-9-16-10-8-14-15-16/h8,10-13H,2-7,9H2,1H3. The molecular weight excluding hydrogens is 200 g/mol. The molecule has 1 aliphatic carbocycles. The third kappa shape index (κ3) is 3.30. The van der Waals surface area contributed by atoms with Crippen molar-refractivity contribution in [1.29, 1.82) is 0 Å². The molecule has 1 unspecified atom stereocenters. The highest BCUT2D eigenvalue weighted by Crippen LogP contribution is 2.26. The molecule has 4 nitrogen and oxygen atoms in total. The first-order valence-corrected chi connectivity index (χ1v) is 6.44. The predicted octanol–water partition coefficient (Wildman–Crippen LogP) is 1.84. The van der Waals surface area contributed by atoms with Gasteiger partial charge in [0, 0.05) is 18.8 Å². The summed E-state index contributed by atoms with van der Waals surface area (Å²) in [6, 6.07) is 0.642. The molecule has 0 radical (unpaired) electrons. The normalized spacial score (nSPS) is 19.8. The lowest BCUT2D eigenvalue weighted by Crippen LogP contribution is -2.36. The first-order valence-electron chi connectivity index (χ1n) is 6.44. The smallest absolute Gasteiger partial charge is 0.0692 e. The maximum atomic E-state index is 3.95. The van der Waals surface area contributed by atoms with Crippen LogP contribution in [0.15, 0.2) is 12.4 Å². The van der Waals surface area contributed by atoms with E-state index in [1.54, 1.807) is 6.20 Å². The SMILES string of the molecule is CC(NCCn1ccnn1)C1CCCCC1. The van der Waals surface area contributed by atoms with E-state index in [1.165, 1.54) is 32.1 Å². The van der Waals surface area contributed by atoms with Crippen LogP contribution in [0.3, 0.4) is 0 Å². The Morgan fingerprint density at radius 2 is 2.19 bits per heavy atom. The summed E-state index contributed by atoms with van der Waals surface area (Å²) in [5.74, 6) is 0.879. The van der Waals surface area contributed by atoms with Gasteiger partial charge >= 0.3 is 0 Å². The van der Waals surface area contributed by atoms with Crippen molar-refractivity contribution < 1.29 is 0 Å². The maximum Gasteiger partial charge on any atom is 0.0692 e. The van der Waals surface area contributed by atoms with E-state index in [0.717, 1.165) is 19.0 Å². The van der Waals surface area contributed by atoms with E-state index in [1.807, 2.05) is 10.9 Å². The summed E-state index contributed by atoms with van der Waals surface area (Å²) in [7, 11) is 0. The molecule has 0 aromatic carbocycles. The number of rotatable bonds is 5. The minimum atomic E-state index is 0.642. The molecule has 4 heteroatoms. The summed E-state index contributed by atoms with van der Waals surface area (Å²) in [6.45, 7) is 4.22. The van der Waals surface area contributed by atoms with Crippen LogP contribution in [0.5, 0.6) is 0 Å². The average molecular weight is 222 g/mol. The molecule has 16 heavy (non-hydrogen) atoms. The molecule has 1 heterocycles. The lowest BCUT2D eigenvalue weighted by Gasteiger charge is -2.28. The fourth-order valence-corrected chi connectivity index (χ4v) is 2.56. The third-order valence-corrected chi connectivity index (χ3v) is 3.64. The van der Waals surface area contributed by atoms with E-state index in [4.69, 9.17) is 0 Å². The number of aromatic nitrogens is 3. The second-order valence-corrected chi connectivity index (χ2v) is 4.81. The van der Waals surface area contributed by atoms with E-state index < -0.39 is 0 Å². The molecule has 1 aromatic heterocycles. The lowest BCUT2D eigenvalue weighted by atomic mass is 9.84. The molecule has 90 valence electrons. The average Bonchev–Trinajstić information content (AvgIpc) is 2.83. The quantitative estimate of drug-likeness (QED) is 0.826. The monoisotopic (exact) mass is 222 g/mol. The molecule has 0 spiro atoms. The van der Waals surface area contributed by atoms with Crippen molar-refractivity contribution in [1.82, 2.24) is 20.3 Å². The Bertz CT molecular complexity index is 277. The first-order chi connectivity index (χ1) is 7.86. The third-order valence-electron chi connectivity index (χ3n) is 3.64. The van der Waals surface area contributed by atoms with Gasteiger partial charge in [0.1, 0.15) is 0 Å². The van der Waals surface area contributed by atoms with Crippen LogP contribution >= 0.6 is 0 Å². The molecule has 1 N–H and O–H groups in total. The zero-order chi connectivity index (χ0) is 11.2. The lowest BCUT2D eigenvalue weighted by molar-refractivity contribution is 0.279. The Morgan fingerprint density at radius 3 is 2.88 bits per heavy atom. The highest BCUT2D eigenvalue weighted by atomic mass is 15.4. The minimum Gasteiger partial charge on any atom is -0.312 e. The van der Waals surface area contributed by atoms with Crippen molar-refractivity contribution in [3.05, 3.63) is 12.4 Å². The number of nitrogens with one attached hydrogen (secondary N) is 1. The zero-order valence-electron chi connectivity index (χ0n) is 10.1. The Morgan fingerprint density at radius 1 is 1.38 bits per heavy atom. The van der Waals surface area contributed by atoms with Crippen LogP contribution in [-0.2, 0) is 6.54 Å². The van der Waals surface area contributed by atoms with E-state index in [0.29, 0.717) is 6.04 Å². The Kier molecular flexibility index (Phi) is 4.34. The van der Waals surface area contributed by atoms with Gasteiger partial charge in [-0.2, -0.15) is 0 Å². The summed E-state index contributed by atoms with van der Waals surface area (Å²) in [5, 5.41) is 11.3. The molecule has 1 aliphatic rings. The van der Waals surface area contributed by atoms with Crippen LogP contribution in [0.25, 0.3) is 0 Å². The van der Waals surface area contributed by atoms with Gasteiger partial charge in [0.2, 0.25) is 0 Å². The minimum absolute atomic E-state index is 0.642. The van der Waals surface area contributed by atoms with E-state index >= 15 is 0 Å². The van der Waals surface area contributed by atoms with Crippen LogP contribution in [0.2, 0.25) is 0 Å². The van der Waals surface area contributed by atoms with Crippen LogP contribution in [0.1, 0.15) is 39.0 Å². The summed E-state index contributed by atoms with van der Waals surface area (Å²) in [4.78, 5) is 0. The van der Waals surface area contributed by atoms with Crippen molar-refractivity contribution in [3.8, 4) is 0 Å². The summed E-state index contributed by atoms with van der Waals surface area (Å²) >= 11 is 0. The Balaban J connectivity index is 1.65. The second kappa shape index (κ2) is 5.99. The Hall–Kier alpha value is -0.900. The van der Waals surface area contributed by atoms with Gasteiger partial charge in [-0.1, -0.05) is 24.5 Å². The molecular formula is C12H22N4. The largest absolute Gasteiger partial charge is 0.312 e. The van der Waals surface area contributed by atoms with Crippen LogP contribution < -0.4 is 5.32 Å². The zero-order valence-corrected chi connectivity index (χ0v) is 10.1. The molecule has 0 bridgehead atoms. The van der Waals surface area contributed by atoms with Gasteiger partial charge in [0.25, 0.3) is 0 Å². The van der Waals surface area contributed by atoms with E-state index in [2.05, 4.69) is 22.6 Å². The van der Waals surface area contributed by atoms with Crippen LogP contribution in [0, 0.1) is 5.92 Å². The van der Waals surface area contributed by atoms with Crippen LogP contribution in [0.4, 0.5) is 0 Å². The van der Waals surface area contributed by atoms with Crippen molar-refractivity contribution in [2.24, 2.45) is 5.92 Å². The van der Waals surface area contributed by atoms with Gasteiger partial charge < -0.3 is 5.32 Å². The second-order valence-electron chi connectivity index (χ2n) is 4.81. The maximum absolute atomic E-state index is 3.95. The molecule has 1 atom stereocenters. The van der Waals surface area contributed by atoms with E-state index in [-0.39, 0.29) is 0 Å². The molecule has 2 rings (SSSR count).